The summed E-state index contributed by atoms with van der Waals surface area (Å²) in [5, 5.41) is 81.8. The summed E-state index contributed by atoms with van der Waals surface area (Å²) in [4.78, 5) is 181. The van der Waals surface area contributed by atoms with Gasteiger partial charge >= 0.3 is 12.1 Å². The van der Waals surface area contributed by atoms with Crippen LogP contribution in [0.25, 0.3) is 0 Å². The van der Waals surface area contributed by atoms with Gasteiger partial charge in [-0.15, -0.1) is 0 Å². The molecule has 17 atom stereocenters. The number of nitrogens with two attached hydrogens (primary N) is 1. The van der Waals surface area contributed by atoms with E-state index in [0.29, 0.717) is 36.9 Å². The summed E-state index contributed by atoms with van der Waals surface area (Å²) >= 11 is 0. The lowest BCUT2D eigenvalue weighted by Crippen LogP contribution is -2.60. The molecule has 0 bridgehead atoms. The van der Waals surface area contributed by atoms with Crippen LogP contribution in [-0.2, 0) is 92.5 Å². The molecule has 2 aromatic carbocycles. The largest absolute Gasteiger partial charge is 0.445 e. The van der Waals surface area contributed by atoms with E-state index in [1.165, 1.54) is 50.5 Å². The van der Waals surface area contributed by atoms with Crippen LogP contribution in [0, 0.1) is 29.6 Å². The highest BCUT2D eigenvalue weighted by atomic mass is 16.6. The maximum absolute atomic E-state index is 14.9. The Hall–Kier alpha value is -9.39. The van der Waals surface area contributed by atoms with Gasteiger partial charge in [0.25, 0.3) is 11.8 Å². The van der Waals surface area contributed by atoms with Gasteiger partial charge in [-0.3, -0.25) is 62.5 Å². The van der Waals surface area contributed by atoms with Crippen LogP contribution < -0.4 is 48.3 Å². The average molecular weight is 1760 g/mol. The van der Waals surface area contributed by atoms with Crippen molar-refractivity contribution in [3.63, 3.8) is 0 Å². The van der Waals surface area contributed by atoms with Gasteiger partial charge in [-0.25, -0.2) is 9.59 Å². The minimum atomic E-state index is -1.96. The second-order valence-electron chi connectivity index (χ2n) is 32.2. The predicted molar refractivity (Wildman–Crippen MR) is 453 cm³/mol. The Kier molecular flexibility index (Phi) is 48.2. The molecule has 0 aromatic heterocycles. The van der Waals surface area contributed by atoms with Crippen molar-refractivity contribution in [1.29, 1.82) is 0 Å². The monoisotopic (exact) mass is 1760 g/mol. The molecule has 2 aliphatic heterocycles. The third-order valence-corrected chi connectivity index (χ3v) is 21.8. The number of nitrogens with zero attached hydrogens (tertiary/aromatic N) is 4. The Morgan fingerprint density at radius 3 is 1.73 bits per heavy atom. The second-order valence-corrected chi connectivity index (χ2v) is 32.2. The first-order valence-electron chi connectivity index (χ1n) is 42.5. The smallest absolute Gasteiger partial charge is 0.410 e. The standard InChI is InChI=1S/C85H137N13O26/c1-15-53(8)73(64(118-13)46-69(106)97-36-21-26-61(97)77(119-14)54(9)78(110)89-55(10)74(107)57-22-17-16-18-23-57)95(11)83(115)71(51(4)5)94-82(114)72(52(6)7)96(12)85(117)124-49-56-28-30-58(31-29-56)90-79(111)60(25-20-35-87-84(86)116)92-81(113)70(50(2)3)93-80(112)59(24-19-27-65(102)88-47-62(100)75(108)76(109)63(101)48-99)91-66(103)34-38-120-40-42-122-44-45-123-43-41-121-39-37-98-67(104)32-33-68(98)105/h16-18,22-23,28-33,50-55,59-64,70-77,99-101,107-109H,15,19-21,24-27,34-49H2,1-14H3,(H,88,102)(H,89,110)(H,90,111)(H,91,103)(H,92,113)(H,93,112)(H,94,114)(H3,86,87,116)/t53-,54+,55+,59+,60-,61-,62-,63+,64+,70-,71-,72-,73-,74+,75+,76+,77+/m0/s1. The van der Waals surface area contributed by atoms with Crippen LogP contribution in [0.4, 0.5) is 15.3 Å². The van der Waals surface area contributed by atoms with Gasteiger partial charge < -0.3 is 122 Å². The Bertz CT molecular complexity index is 3700. The number of ether oxygens (including phenoxy) is 7. The van der Waals surface area contributed by atoms with E-state index in [2.05, 4.69) is 42.5 Å². The molecule has 0 spiro atoms. The van der Waals surface area contributed by atoms with Crippen molar-refractivity contribution in [2.45, 2.75) is 231 Å². The van der Waals surface area contributed by atoms with Gasteiger partial charge in [0.15, 0.2) is 0 Å². The summed E-state index contributed by atoms with van der Waals surface area (Å²) in [6, 6.07) is 6.20. The van der Waals surface area contributed by atoms with Crippen LogP contribution in [0.5, 0.6) is 0 Å². The highest BCUT2D eigenvalue weighted by Gasteiger charge is 2.45. The van der Waals surface area contributed by atoms with E-state index in [4.69, 9.17) is 44.0 Å². The number of urea groups is 1. The number of carbonyl (C=O) groups is 13. The lowest BCUT2D eigenvalue weighted by atomic mass is 9.89. The third-order valence-electron chi connectivity index (χ3n) is 21.8. The van der Waals surface area contributed by atoms with Gasteiger partial charge in [-0.05, 0) is 92.4 Å². The van der Waals surface area contributed by atoms with E-state index in [1.807, 2.05) is 19.9 Å². The van der Waals surface area contributed by atoms with Crippen molar-refractivity contribution < 1.29 is 126 Å². The van der Waals surface area contributed by atoms with Crippen molar-refractivity contribution in [3.8, 4) is 0 Å². The fourth-order valence-electron chi connectivity index (χ4n) is 14.4. The summed E-state index contributed by atoms with van der Waals surface area (Å²) in [5.41, 5.74) is 6.64. The van der Waals surface area contributed by atoms with Crippen LogP contribution in [0.2, 0.25) is 0 Å². The number of aliphatic hydroxyl groups is 6. The summed E-state index contributed by atoms with van der Waals surface area (Å²) in [6.45, 7) is 17.4. The third kappa shape index (κ3) is 35.2. The van der Waals surface area contributed by atoms with Crippen molar-refractivity contribution in [1.82, 2.24) is 56.8 Å². The number of nitrogens with one attached hydrogen (secondary N) is 8. The number of hydrogen-bond acceptors (Lipinski definition) is 26. The number of imide groups is 1. The van der Waals surface area contributed by atoms with E-state index < -0.39 is 193 Å². The fourth-order valence-corrected chi connectivity index (χ4v) is 14.4. The van der Waals surface area contributed by atoms with Gasteiger partial charge in [0.2, 0.25) is 53.2 Å². The van der Waals surface area contributed by atoms with Crippen molar-refractivity contribution in [2.75, 3.05) is 119 Å². The number of amides is 14. The molecule has 698 valence electrons. The summed E-state index contributed by atoms with van der Waals surface area (Å²) in [7, 11) is 5.98. The summed E-state index contributed by atoms with van der Waals surface area (Å²) in [5.74, 6) is -8.83. The zero-order valence-corrected chi connectivity index (χ0v) is 74.1. The molecule has 39 nitrogen and oxygen atoms in total. The van der Waals surface area contributed by atoms with E-state index in [-0.39, 0.29) is 141 Å². The Morgan fingerprint density at radius 2 is 1.17 bits per heavy atom. The van der Waals surface area contributed by atoms with Crippen LogP contribution in [0.1, 0.15) is 151 Å². The molecule has 4 rings (SSSR count). The van der Waals surface area contributed by atoms with Gasteiger partial charge in [0.1, 0.15) is 55.1 Å². The predicted octanol–water partition coefficient (Wildman–Crippen LogP) is 0.180. The minimum absolute atomic E-state index is 0.00119. The van der Waals surface area contributed by atoms with E-state index in [9.17, 15) is 87.9 Å². The van der Waals surface area contributed by atoms with Gasteiger partial charge in [-0.1, -0.05) is 111 Å². The number of methoxy groups -OCH3 is 2. The normalized spacial score (nSPS) is 17.3. The molecule has 0 radical (unpaired) electrons. The number of primary amides is 1. The van der Waals surface area contributed by atoms with Crippen molar-refractivity contribution in [3.05, 3.63) is 77.9 Å². The molecule has 0 unspecified atom stereocenters. The second kappa shape index (κ2) is 55.9. The number of benzene rings is 2. The maximum Gasteiger partial charge on any atom is 0.410 e. The van der Waals surface area contributed by atoms with Crippen molar-refractivity contribution >= 4 is 82.8 Å². The molecule has 0 aliphatic carbocycles. The fraction of sp³-hybridized carbons (Fsp3) is 0.682. The molecular formula is C85H137N13O26. The molecule has 1 fully saturated rings. The Labute approximate surface area is 726 Å². The topological polar surface area (TPSA) is 543 Å². The van der Waals surface area contributed by atoms with Gasteiger partial charge in [-0.2, -0.15) is 0 Å². The first-order valence-corrected chi connectivity index (χ1v) is 42.5. The number of likely N-dealkylation sites (tertiary alicyclic amines) is 1. The molecule has 16 N–H and O–H groups in total. The number of hydrogen-bond donors (Lipinski definition) is 15. The lowest BCUT2D eigenvalue weighted by Gasteiger charge is -2.41. The average Bonchev–Trinajstić information content (AvgIpc) is 1.09. The van der Waals surface area contributed by atoms with Gasteiger partial charge in [0.05, 0.1) is 121 Å². The SMILES string of the molecule is CC[C@H](C)[C@@H]([C@@H](CC(=O)N1CCC[C@H]1[C@H](OC)[C@@H](C)C(=O)N[C@H](C)[C@@H](O)c1ccccc1)OC)N(C)C(=O)[C@@H](NC(=O)[C@H](C(C)C)N(C)C(=O)OCc1ccc(NC(=O)[C@H](CCCNC(N)=O)NC(=O)[C@@H](NC(=O)[C@@H](CCCC(=O)NC[C@H](O)[C@@H](O)[C@H](O)[C@H](O)CO)NC(=O)CCOCCOCCOCCOCCN2C(=O)C=CC2=O)C(C)C)cc1)C(C)C. The Balaban J connectivity index is 1.40. The first-order chi connectivity index (χ1) is 58.8. The summed E-state index contributed by atoms with van der Waals surface area (Å²) in [6.07, 6.45) is -7.53. The zero-order valence-electron chi connectivity index (χ0n) is 74.1. The molecule has 2 aliphatic rings. The van der Waals surface area contributed by atoms with E-state index in [1.54, 1.807) is 104 Å². The van der Waals surface area contributed by atoms with E-state index in [0.717, 1.165) is 9.80 Å². The molecular weight excluding hydrogens is 1620 g/mol. The van der Waals surface area contributed by atoms with Crippen LogP contribution in [0.3, 0.4) is 0 Å². The molecule has 14 amide bonds. The maximum atomic E-state index is 14.9. The zero-order chi connectivity index (χ0) is 92.4. The van der Waals surface area contributed by atoms with E-state index >= 15 is 0 Å². The number of anilines is 1. The summed E-state index contributed by atoms with van der Waals surface area (Å²) < 4.78 is 39.8. The highest BCUT2D eigenvalue weighted by Crippen LogP contribution is 2.31. The van der Waals surface area contributed by atoms with Crippen LogP contribution in [-0.4, -0.2) is 326 Å². The number of carbonyl (C=O) groups excluding carboxylic acids is 13. The number of likely N-dealkylation sites (N-methyl/N-ethyl adjacent to an activating group) is 2. The molecule has 2 heterocycles. The number of rotatable bonds is 59. The quantitative estimate of drug-likeness (QED) is 0.0310. The minimum Gasteiger partial charge on any atom is -0.445 e. The van der Waals surface area contributed by atoms with Crippen LogP contribution >= 0.6 is 0 Å². The lowest BCUT2D eigenvalue weighted by molar-refractivity contribution is -0.148. The van der Waals surface area contributed by atoms with Crippen LogP contribution in [0.15, 0.2) is 66.7 Å². The highest BCUT2D eigenvalue weighted by molar-refractivity contribution is 6.13. The Morgan fingerprint density at radius 1 is 0.597 bits per heavy atom. The number of aliphatic hydroxyl groups excluding tert-OH is 6. The molecule has 0 saturated carbocycles. The molecule has 124 heavy (non-hydrogen) atoms. The molecule has 39 heteroatoms. The first kappa shape index (κ1) is 107. The molecule has 2 aromatic rings. The van der Waals surface area contributed by atoms with Crippen molar-refractivity contribution in [2.24, 2.45) is 35.3 Å². The van der Waals surface area contributed by atoms with Gasteiger partial charge in [0, 0.05) is 78.6 Å². The molecule has 1 saturated heterocycles.